The van der Waals surface area contributed by atoms with Crippen molar-refractivity contribution in [3.63, 3.8) is 0 Å². The van der Waals surface area contributed by atoms with Crippen molar-refractivity contribution in [2.45, 2.75) is 45.3 Å². The highest BCUT2D eigenvalue weighted by Gasteiger charge is 2.28. The van der Waals surface area contributed by atoms with E-state index in [0.717, 1.165) is 0 Å². The zero-order valence-electron chi connectivity index (χ0n) is 11.0. The maximum Gasteiger partial charge on any atom is 0.389 e. The van der Waals surface area contributed by atoms with E-state index in [2.05, 4.69) is 0 Å². The highest BCUT2D eigenvalue weighted by molar-refractivity contribution is 5.85. The Morgan fingerprint density at radius 3 is 2.22 bits per heavy atom. The van der Waals surface area contributed by atoms with Crippen molar-refractivity contribution in [1.82, 2.24) is 4.90 Å². The molecule has 0 aromatic heterocycles. The Morgan fingerprint density at radius 2 is 1.83 bits per heavy atom. The van der Waals surface area contributed by atoms with Gasteiger partial charge in [-0.2, -0.15) is 13.2 Å². The molecule has 0 aromatic carbocycles. The van der Waals surface area contributed by atoms with Crippen LogP contribution in [0.3, 0.4) is 0 Å². The van der Waals surface area contributed by atoms with Crippen molar-refractivity contribution in [2.24, 2.45) is 11.7 Å². The summed E-state index contributed by atoms with van der Waals surface area (Å²) in [5, 5.41) is 0. The molecule has 110 valence electrons. The van der Waals surface area contributed by atoms with Crippen LogP contribution in [0.2, 0.25) is 0 Å². The van der Waals surface area contributed by atoms with E-state index in [9.17, 15) is 18.0 Å². The quantitative estimate of drug-likeness (QED) is 0.817. The first-order valence-electron chi connectivity index (χ1n) is 5.69. The SMILES string of the molecule is CC(C)C(N)CCN(C)C(=O)CCC(F)(F)F.Cl. The number of carbonyl (C=O) groups excluding carboxylic acids is 1. The molecule has 0 spiro atoms. The fourth-order valence-electron chi connectivity index (χ4n) is 1.24. The monoisotopic (exact) mass is 290 g/mol. The summed E-state index contributed by atoms with van der Waals surface area (Å²) in [6.07, 6.45) is -5.22. The Kier molecular flexibility index (Phi) is 9.46. The summed E-state index contributed by atoms with van der Waals surface area (Å²) in [4.78, 5) is 12.7. The number of alkyl halides is 3. The summed E-state index contributed by atoms with van der Waals surface area (Å²) in [6.45, 7) is 4.34. The third-order valence-electron chi connectivity index (χ3n) is 2.70. The molecule has 3 nitrogen and oxygen atoms in total. The van der Waals surface area contributed by atoms with Crippen molar-refractivity contribution in [1.29, 1.82) is 0 Å². The minimum absolute atomic E-state index is 0. The van der Waals surface area contributed by atoms with Gasteiger partial charge in [-0.25, -0.2) is 0 Å². The highest BCUT2D eigenvalue weighted by atomic mass is 35.5. The number of hydrogen-bond donors (Lipinski definition) is 1. The molecule has 0 rings (SSSR count). The van der Waals surface area contributed by atoms with Gasteiger partial charge >= 0.3 is 6.18 Å². The van der Waals surface area contributed by atoms with Gasteiger partial charge in [0.1, 0.15) is 0 Å². The smallest absolute Gasteiger partial charge is 0.346 e. The van der Waals surface area contributed by atoms with Crippen molar-refractivity contribution >= 4 is 18.3 Å². The minimum Gasteiger partial charge on any atom is -0.346 e. The molecule has 0 aliphatic heterocycles. The second-order valence-corrected chi connectivity index (χ2v) is 4.63. The fraction of sp³-hybridized carbons (Fsp3) is 0.909. The first-order valence-corrected chi connectivity index (χ1v) is 5.69. The van der Waals surface area contributed by atoms with E-state index in [0.29, 0.717) is 18.9 Å². The summed E-state index contributed by atoms with van der Waals surface area (Å²) in [6, 6.07) is -0.0344. The molecule has 18 heavy (non-hydrogen) atoms. The Hall–Kier alpha value is -0.490. The lowest BCUT2D eigenvalue weighted by Gasteiger charge is -2.21. The third kappa shape index (κ3) is 9.53. The van der Waals surface area contributed by atoms with Crippen LogP contribution < -0.4 is 5.73 Å². The lowest BCUT2D eigenvalue weighted by Crippen LogP contribution is -2.35. The van der Waals surface area contributed by atoms with E-state index >= 15 is 0 Å². The van der Waals surface area contributed by atoms with Gasteiger partial charge in [0.05, 0.1) is 6.42 Å². The predicted molar refractivity (Wildman–Crippen MR) is 67.6 cm³/mol. The van der Waals surface area contributed by atoms with Gasteiger partial charge in [0.25, 0.3) is 0 Å². The van der Waals surface area contributed by atoms with Gasteiger partial charge in [-0.1, -0.05) is 13.8 Å². The number of carbonyl (C=O) groups is 1. The molecular formula is C11H22ClF3N2O. The molecule has 0 saturated heterocycles. The summed E-state index contributed by atoms with van der Waals surface area (Å²) >= 11 is 0. The zero-order valence-corrected chi connectivity index (χ0v) is 11.8. The van der Waals surface area contributed by atoms with Crippen LogP contribution in [0.4, 0.5) is 13.2 Å². The maximum atomic E-state index is 11.9. The van der Waals surface area contributed by atoms with E-state index in [1.165, 1.54) is 11.9 Å². The molecule has 0 fully saturated rings. The Balaban J connectivity index is 0. The van der Waals surface area contributed by atoms with E-state index in [1.54, 1.807) is 0 Å². The van der Waals surface area contributed by atoms with Crippen LogP contribution in [-0.2, 0) is 4.79 Å². The van der Waals surface area contributed by atoms with Crippen LogP contribution >= 0.6 is 12.4 Å². The summed E-state index contributed by atoms with van der Waals surface area (Å²) in [5.41, 5.74) is 5.79. The lowest BCUT2D eigenvalue weighted by atomic mass is 10.0. The van der Waals surface area contributed by atoms with E-state index in [4.69, 9.17) is 5.73 Å². The van der Waals surface area contributed by atoms with Gasteiger partial charge in [-0.3, -0.25) is 4.79 Å². The van der Waals surface area contributed by atoms with Gasteiger partial charge in [0.2, 0.25) is 5.91 Å². The van der Waals surface area contributed by atoms with Crippen LogP contribution in [-0.4, -0.2) is 36.6 Å². The zero-order chi connectivity index (χ0) is 13.6. The van der Waals surface area contributed by atoms with Gasteiger partial charge in [-0.15, -0.1) is 12.4 Å². The minimum atomic E-state index is -4.27. The number of nitrogens with zero attached hydrogens (tertiary/aromatic N) is 1. The number of hydrogen-bond acceptors (Lipinski definition) is 2. The number of rotatable bonds is 6. The average molecular weight is 291 g/mol. The molecular weight excluding hydrogens is 269 g/mol. The van der Waals surface area contributed by atoms with Gasteiger partial charge in [-0.05, 0) is 12.3 Å². The first-order chi connectivity index (χ1) is 7.63. The van der Waals surface area contributed by atoms with Crippen molar-refractivity contribution in [3.8, 4) is 0 Å². The number of nitrogens with two attached hydrogens (primary N) is 1. The van der Waals surface area contributed by atoms with Crippen LogP contribution in [0.25, 0.3) is 0 Å². The normalized spacial score (nSPS) is 13.1. The maximum absolute atomic E-state index is 11.9. The topological polar surface area (TPSA) is 46.3 Å². The summed E-state index contributed by atoms with van der Waals surface area (Å²) in [7, 11) is 1.51. The van der Waals surface area contributed by atoms with E-state index in [-0.39, 0.29) is 18.4 Å². The predicted octanol–water partition coefficient (Wildman–Crippen LogP) is 2.58. The first kappa shape index (κ1) is 19.8. The lowest BCUT2D eigenvalue weighted by molar-refractivity contribution is -0.148. The van der Waals surface area contributed by atoms with Gasteiger partial charge in [0.15, 0.2) is 0 Å². The van der Waals surface area contributed by atoms with Crippen molar-refractivity contribution in [3.05, 3.63) is 0 Å². The molecule has 0 aromatic rings. The Labute approximate surface area is 112 Å². The molecule has 0 aliphatic carbocycles. The summed E-state index contributed by atoms with van der Waals surface area (Å²) < 4.78 is 35.7. The molecule has 0 radical (unpaired) electrons. The second kappa shape index (κ2) is 8.58. The summed E-state index contributed by atoms with van der Waals surface area (Å²) in [5.74, 6) is -0.188. The largest absolute Gasteiger partial charge is 0.389 e. The highest BCUT2D eigenvalue weighted by Crippen LogP contribution is 2.21. The molecule has 1 unspecified atom stereocenters. The molecule has 0 bridgehead atoms. The third-order valence-corrected chi connectivity index (χ3v) is 2.70. The fourth-order valence-corrected chi connectivity index (χ4v) is 1.24. The van der Waals surface area contributed by atoms with Crippen molar-refractivity contribution in [2.75, 3.05) is 13.6 Å². The molecule has 2 N–H and O–H groups in total. The average Bonchev–Trinajstić information content (AvgIpc) is 2.20. The number of amides is 1. The molecule has 7 heteroatoms. The standard InChI is InChI=1S/C11H21F3N2O.ClH/c1-8(2)9(15)5-7-16(3)10(17)4-6-11(12,13)14;/h8-9H,4-7,15H2,1-3H3;1H. The molecule has 0 aliphatic rings. The van der Waals surface area contributed by atoms with Crippen molar-refractivity contribution < 1.29 is 18.0 Å². The molecule has 1 amide bonds. The second-order valence-electron chi connectivity index (χ2n) is 4.63. The van der Waals surface area contributed by atoms with Crippen LogP contribution in [0.15, 0.2) is 0 Å². The van der Waals surface area contributed by atoms with Crippen LogP contribution in [0.5, 0.6) is 0 Å². The molecule has 1 atom stereocenters. The van der Waals surface area contributed by atoms with E-state index in [1.807, 2.05) is 13.8 Å². The number of halogens is 4. The van der Waals surface area contributed by atoms with E-state index < -0.39 is 24.9 Å². The van der Waals surface area contributed by atoms with Gasteiger partial charge < -0.3 is 10.6 Å². The molecule has 0 saturated carbocycles. The van der Waals surface area contributed by atoms with Crippen LogP contribution in [0, 0.1) is 5.92 Å². The molecule has 0 heterocycles. The Morgan fingerprint density at radius 1 is 1.33 bits per heavy atom. The van der Waals surface area contributed by atoms with Gasteiger partial charge in [0, 0.05) is 26.1 Å². The van der Waals surface area contributed by atoms with Crippen LogP contribution in [0.1, 0.15) is 33.1 Å². The Bertz CT molecular complexity index is 247.